The molecule has 4 rings (SSSR count). The van der Waals surface area contributed by atoms with Crippen molar-refractivity contribution < 1.29 is 19.8 Å². The van der Waals surface area contributed by atoms with Crippen LogP contribution in [0.2, 0.25) is 0 Å². The maximum atomic E-state index is 13.2. The molecule has 2 N–H and O–H groups in total. The Hall–Kier alpha value is -0.900. The summed E-state index contributed by atoms with van der Waals surface area (Å²) in [4.78, 5) is 24.9. The zero-order valence-electron chi connectivity index (χ0n) is 14.8. The van der Waals surface area contributed by atoms with E-state index in [-0.39, 0.29) is 28.8 Å². The number of aliphatic hydroxyl groups is 1. The first kappa shape index (κ1) is 16.6. The Labute approximate surface area is 144 Å². The Morgan fingerprint density at radius 3 is 2.54 bits per heavy atom. The molecule has 0 amide bonds. The number of carboxylic acids is 1. The van der Waals surface area contributed by atoms with Gasteiger partial charge in [-0.3, -0.25) is 9.59 Å². The van der Waals surface area contributed by atoms with E-state index in [4.69, 9.17) is 0 Å². The van der Waals surface area contributed by atoms with E-state index in [1.807, 2.05) is 0 Å². The average Bonchev–Trinajstić information content (AvgIpc) is 2.84. The quantitative estimate of drug-likeness (QED) is 0.772. The van der Waals surface area contributed by atoms with Crippen LogP contribution in [0.25, 0.3) is 0 Å². The van der Waals surface area contributed by atoms with E-state index in [2.05, 4.69) is 13.8 Å². The number of aliphatic carboxylic acids is 1. The van der Waals surface area contributed by atoms with E-state index >= 15 is 0 Å². The molecule has 24 heavy (non-hydrogen) atoms. The van der Waals surface area contributed by atoms with Gasteiger partial charge >= 0.3 is 5.97 Å². The molecule has 0 unspecified atom stereocenters. The highest BCUT2D eigenvalue weighted by Crippen LogP contribution is 2.66. The summed E-state index contributed by atoms with van der Waals surface area (Å²) in [6.07, 6.45) is 6.65. The topological polar surface area (TPSA) is 74.6 Å². The Morgan fingerprint density at radius 1 is 1.08 bits per heavy atom. The van der Waals surface area contributed by atoms with Crippen LogP contribution in [-0.2, 0) is 9.59 Å². The van der Waals surface area contributed by atoms with Gasteiger partial charge in [-0.05, 0) is 73.5 Å². The normalized spacial score (nSPS) is 53.9. The number of aliphatic hydroxyl groups excluding tert-OH is 1. The molecule has 0 bridgehead atoms. The number of carbonyl (C=O) groups excluding carboxylic acids is 1. The van der Waals surface area contributed by atoms with Crippen molar-refractivity contribution in [1.82, 2.24) is 0 Å². The second kappa shape index (κ2) is 5.30. The molecule has 8 atom stereocenters. The highest BCUT2D eigenvalue weighted by atomic mass is 16.4. The number of carboxylic acid groups (broad SMARTS) is 1. The van der Waals surface area contributed by atoms with Crippen LogP contribution < -0.4 is 0 Å². The molecule has 4 aliphatic carbocycles. The lowest BCUT2D eigenvalue weighted by Crippen LogP contribution is -2.58. The van der Waals surface area contributed by atoms with Crippen molar-refractivity contribution in [3.63, 3.8) is 0 Å². The largest absolute Gasteiger partial charge is 0.481 e. The van der Waals surface area contributed by atoms with Crippen molar-refractivity contribution >= 4 is 11.8 Å². The van der Waals surface area contributed by atoms with Gasteiger partial charge in [0.2, 0.25) is 0 Å². The SMILES string of the molecule is C[C@]12CC[C@@H](O)C[C@@H]1CC[C@H]1[C@@H]3CC[C@H](C(=O)O)[C@@]3(C)CC(=O)[C@@H]12. The number of fused-ring (bicyclic) bond motifs is 5. The van der Waals surface area contributed by atoms with Crippen LogP contribution >= 0.6 is 0 Å². The summed E-state index contributed by atoms with van der Waals surface area (Å²) in [5.41, 5.74) is -0.330. The molecular weight excluding hydrogens is 304 g/mol. The van der Waals surface area contributed by atoms with E-state index in [0.717, 1.165) is 44.9 Å². The van der Waals surface area contributed by atoms with Crippen LogP contribution in [0.1, 0.15) is 65.2 Å². The molecule has 0 radical (unpaired) electrons. The summed E-state index contributed by atoms with van der Waals surface area (Å²) >= 11 is 0. The maximum Gasteiger partial charge on any atom is 0.307 e. The first-order valence-corrected chi connectivity index (χ1v) is 9.71. The van der Waals surface area contributed by atoms with Gasteiger partial charge in [-0.15, -0.1) is 0 Å². The van der Waals surface area contributed by atoms with E-state index in [0.29, 0.717) is 30.0 Å². The van der Waals surface area contributed by atoms with Gasteiger partial charge in [0, 0.05) is 12.3 Å². The zero-order valence-corrected chi connectivity index (χ0v) is 14.8. The number of Topliss-reactive ketones (excluding diaryl/α,β-unsaturated/α-hetero) is 1. The van der Waals surface area contributed by atoms with Crippen LogP contribution in [0, 0.1) is 40.4 Å². The van der Waals surface area contributed by atoms with Gasteiger partial charge in [-0.2, -0.15) is 0 Å². The highest BCUT2D eigenvalue weighted by molar-refractivity contribution is 5.85. The summed E-state index contributed by atoms with van der Waals surface area (Å²) in [6, 6.07) is 0. The molecule has 0 aromatic rings. The predicted octanol–water partition coefficient (Wildman–Crippen LogP) is 3.27. The second-order valence-corrected chi connectivity index (χ2v) is 9.57. The number of carbonyl (C=O) groups is 2. The van der Waals surface area contributed by atoms with Gasteiger partial charge < -0.3 is 10.2 Å². The number of hydrogen-bond donors (Lipinski definition) is 2. The van der Waals surface area contributed by atoms with Crippen LogP contribution in [0.5, 0.6) is 0 Å². The number of hydrogen-bond acceptors (Lipinski definition) is 3. The molecule has 4 heteroatoms. The molecule has 0 heterocycles. The minimum atomic E-state index is -0.716. The molecule has 4 nitrogen and oxygen atoms in total. The molecule has 0 aromatic carbocycles. The average molecular weight is 334 g/mol. The lowest BCUT2D eigenvalue weighted by molar-refractivity contribution is -0.165. The third-order valence-corrected chi connectivity index (χ3v) is 8.62. The van der Waals surface area contributed by atoms with Crippen molar-refractivity contribution in [1.29, 1.82) is 0 Å². The second-order valence-electron chi connectivity index (χ2n) is 9.57. The predicted molar refractivity (Wildman–Crippen MR) is 89.2 cm³/mol. The summed E-state index contributed by atoms with van der Waals surface area (Å²) < 4.78 is 0. The third kappa shape index (κ3) is 2.07. The summed E-state index contributed by atoms with van der Waals surface area (Å²) in [6.45, 7) is 4.35. The van der Waals surface area contributed by atoms with Gasteiger partial charge in [-0.25, -0.2) is 0 Å². The minimum Gasteiger partial charge on any atom is -0.481 e. The van der Waals surface area contributed by atoms with Crippen molar-refractivity contribution in [2.75, 3.05) is 0 Å². The van der Waals surface area contributed by atoms with E-state index in [1.165, 1.54) is 0 Å². The van der Waals surface area contributed by atoms with Gasteiger partial charge in [0.1, 0.15) is 5.78 Å². The molecule has 4 fully saturated rings. The Morgan fingerprint density at radius 2 is 1.83 bits per heavy atom. The molecule has 4 saturated carbocycles. The van der Waals surface area contributed by atoms with Crippen molar-refractivity contribution in [2.24, 2.45) is 40.4 Å². The Balaban J connectivity index is 1.68. The summed E-state index contributed by atoms with van der Waals surface area (Å²) in [5.74, 6) is 0.526. The third-order valence-electron chi connectivity index (χ3n) is 8.62. The molecule has 0 spiro atoms. The van der Waals surface area contributed by atoms with Crippen molar-refractivity contribution in [3.8, 4) is 0 Å². The fourth-order valence-corrected chi connectivity index (χ4v) is 7.46. The number of ketones is 1. The Kier molecular flexibility index (Phi) is 3.66. The fourth-order valence-electron chi connectivity index (χ4n) is 7.46. The molecule has 134 valence electrons. The number of rotatable bonds is 1. The van der Waals surface area contributed by atoms with Gasteiger partial charge in [0.05, 0.1) is 12.0 Å². The van der Waals surface area contributed by atoms with Crippen LogP contribution in [0.15, 0.2) is 0 Å². The van der Waals surface area contributed by atoms with E-state index in [9.17, 15) is 19.8 Å². The smallest absolute Gasteiger partial charge is 0.307 e. The lowest BCUT2D eigenvalue weighted by Gasteiger charge is -2.59. The molecular formula is C20H30O4. The van der Waals surface area contributed by atoms with Crippen LogP contribution in [-0.4, -0.2) is 28.1 Å². The van der Waals surface area contributed by atoms with E-state index in [1.54, 1.807) is 0 Å². The minimum absolute atomic E-state index is 0.0157. The van der Waals surface area contributed by atoms with E-state index < -0.39 is 5.97 Å². The molecule has 0 aromatic heterocycles. The zero-order chi connectivity index (χ0) is 17.3. The Bertz CT molecular complexity index is 572. The standard InChI is InChI=1S/C20H30O4/c1-19-8-7-12(21)9-11(19)3-4-13-14-5-6-15(18(23)24)20(14,2)10-16(22)17(13)19/h11-15,17,21H,3-10H2,1-2H3,(H,23,24)/t11-,12+,13-,14-,15+,17+,19-,20-/m0/s1. The van der Waals surface area contributed by atoms with Crippen molar-refractivity contribution in [2.45, 2.75) is 71.3 Å². The maximum absolute atomic E-state index is 13.2. The van der Waals surface area contributed by atoms with Gasteiger partial charge in [-0.1, -0.05) is 13.8 Å². The summed E-state index contributed by atoms with van der Waals surface area (Å²) in [7, 11) is 0. The molecule has 4 aliphatic rings. The fraction of sp³-hybridized carbons (Fsp3) is 0.900. The molecule has 0 aliphatic heterocycles. The van der Waals surface area contributed by atoms with Crippen LogP contribution in [0.4, 0.5) is 0 Å². The van der Waals surface area contributed by atoms with Crippen molar-refractivity contribution in [3.05, 3.63) is 0 Å². The molecule has 0 saturated heterocycles. The van der Waals surface area contributed by atoms with Gasteiger partial charge in [0.25, 0.3) is 0 Å². The monoisotopic (exact) mass is 334 g/mol. The highest BCUT2D eigenvalue weighted by Gasteiger charge is 2.64. The lowest BCUT2D eigenvalue weighted by atomic mass is 9.44. The first-order chi connectivity index (χ1) is 11.3. The van der Waals surface area contributed by atoms with Gasteiger partial charge in [0.15, 0.2) is 0 Å². The summed E-state index contributed by atoms with van der Waals surface area (Å²) in [5, 5.41) is 19.7. The first-order valence-electron chi connectivity index (χ1n) is 9.71. The van der Waals surface area contributed by atoms with Crippen LogP contribution in [0.3, 0.4) is 0 Å².